The Morgan fingerprint density at radius 2 is 1.12 bits per heavy atom. The highest BCUT2D eigenvalue weighted by Gasteiger charge is 2.31. The lowest BCUT2D eigenvalue weighted by Gasteiger charge is -2.36. The number of nitrogens with zero attached hydrogens (tertiary/aromatic N) is 2. The second-order valence-electron chi connectivity index (χ2n) is 12.4. The van der Waals surface area contributed by atoms with E-state index in [1.807, 2.05) is 60.0 Å². The average molecular weight is 741 g/mol. The van der Waals surface area contributed by atoms with Crippen molar-refractivity contribution in [2.24, 2.45) is 0 Å². The summed E-state index contributed by atoms with van der Waals surface area (Å²) in [6.07, 6.45) is 2.15. The molecule has 4 aromatic carbocycles. The Morgan fingerprint density at radius 3 is 1.57 bits per heavy atom. The van der Waals surface area contributed by atoms with Gasteiger partial charge in [-0.1, -0.05) is 94.9 Å². The zero-order valence-corrected chi connectivity index (χ0v) is 30.6. The molecule has 3 atom stereocenters. The lowest BCUT2D eigenvalue weighted by molar-refractivity contribution is -0.133. The van der Waals surface area contributed by atoms with Crippen LogP contribution in [0, 0.1) is 0 Å². The molecular formula is C39H38Cl4N2O4. The third kappa shape index (κ3) is 8.00. The van der Waals surface area contributed by atoms with E-state index < -0.39 is 6.10 Å². The van der Waals surface area contributed by atoms with Gasteiger partial charge in [-0.05, 0) is 96.8 Å². The highest BCUT2D eigenvalue weighted by molar-refractivity contribution is 6.36. The number of rotatable bonds is 6. The van der Waals surface area contributed by atoms with Crippen molar-refractivity contribution in [3.05, 3.63) is 137 Å². The Kier molecular flexibility index (Phi) is 12.1. The van der Waals surface area contributed by atoms with E-state index >= 15 is 0 Å². The molecule has 0 fully saturated rings. The third-order valence-corrected chi connectivity index (χ3v) is 11.0. The smallest absolute Gasteiger partial charge is 0.227 e. The number of halogens is 4. The minimum absolute atomic E-state index is 0.00981. The largest absolute Gasteiger partial charge is 0.389 e. The fourth-order valence-electron chi connectivity index (χ4n) is 6.89. The van der Waals surface area contributed by atoms with Gasteiger partial charge in [-0.25, -0.2) is 0 Å². The molecule has 2 aliphatic rings. The monoisotopic (exact) mass is 738 g/mol. The molecule has 2 heterocycles. The standard InChI is InChI=1S/C20H21Cl2NO2.C19H17Cl2NO2/c1-12-14-5-3-6-15(13(2)24)16(14)9-10-23(12)20(25)11-17-18(21)7-4-8-19(17)22;1-12-14-5-2-4-13(11-23)15(14)8-9-22(12)19(24)10-16-17(20)6-3-7-18(16)21/h3-8,12-13,24H,9-11H2,1-2H3;2-7,11-12H,8-10H2,1H3/t12-,13+;12-/m00/s1. The number of amides is 2. The lowest BCUT2D eigenvalue weighted by atomic mass is 9.88. The fraction of sp³-hybridized carbons (Fsp3) is 0.308. The maximum absolute atomic E-state index is 12.9. The van der Waals surface area contributed by atoms with Crippen molar-refractivity contribution >= 4 is 64.5 Å². The molecule has 0 bridgehead atoms. The molecule has 0 unspecified atom stereocenters. The predicted molar refractivity (Wildman–Crippen MR) is 197 cm³/mol. The maximum atomic E-state index is 12.9. The summed E-state index contributed by atoms with van der Waals surface area (Å²) in [6.45, 7) is 6.99. The first kappa shape index (κ1) is 36.9. The SMILES string of the molecule is C[C@@H](O)c1cccc2c1CCN(C(=O)Cc1c(Cl)cccc1Cl)[C@H]2C.C[C@H]1c2cccc(C=O)c2CCN1C(=O)Cc1c(Cl)cccc1Cl. The molecular weight excluding hydrogens is 702 g/mol. The van der Waals surface area contributed by atoms with Crippen LogP contribution in [-0.4, -0.2) is 46.1 Å². The summed E-state index contributed by atoms with van der Waals surface area (Å²) in [5.41, 5.74) is 7.32. The van der Waals surface area contributed by atoms with Crippen LogP contribution in [0.1, 0.15) is 88.3 Å². The summed E-state index contributed by atoms with van der Waals surface area (Å²) in [4.78, 5) is 40.6. The molecule has 1 N–H and O–H groups in total. The first-order valence-electron chi connectivity index (χ1n) is 16.2. The van der Waals surface area contributed by atoms with Crippen LogP contribution >= 0.6 is 46.4 Å². The summed E-state index contributed by atoms with van der Waals surface area (Å²) < 4.78 is 0. The van der Waals surface area contributed by atoms with Crippen LogP contribution in [0.25, 0.3) is 0 Å². The second-order valence-corrected chi connectivity index (χ2v) is 14.0. The summed E-state index contributed by atoms with van der Waals surface area (Å²) in [6, 6.07) is 22.0. The Bertz CT molecular complexity index is 1840. The first-order valence-corrected chi connectivity index (χ1v) is 17.8. The third-order valence-electron chi connectivity index (χ3n) is 9.53. The van der Waals surface area contributed by atoms with Crippen LogP contribution in [0.2, 0.25) is 20.1 Å². The van der Waals surface area contributed by atoms with E-state index in [9.17, 15) is 19.5 Å². The topological polar surface area (TPSA) is 77.9 Å². The quantitative estimate of drug-likeness (QED) is 0.200. The molecule has 0 radical (unpaired) electrons. The van der Waals surface area contributed by atoms with Gasteiger partial charge < -0.3 is 14.9 Å². The van der Waals surface area contributed by atoms with E-state index in [-0.39, 0.29) is 36.7 Å². The minimum atomic E-state index is -0.508. The second kappa shape index (κ2) is 16.1. The number of carbonyl (C=O) groups is 3. The molecule has 0 spiro atoms. The van der Waals surface area contributed by atoms with Crippen molar-refractivity contribution in [1.82, 2.24) is 9.80 Å². The van der Waals surface area contributed by atoms with Crippen LogP contribution in [0.4, 0.5) is 0 Å². The van der Waals surface area contributed by atoms with Gasteiger partial charge in [0, 0.05) is 38.7 Å². The summed E-state index contributed by atoms with van der Waals surface area (Å²) in [5.74, 6) is -0.00439. The van der Waals surface area contributed by atoms with Crippen molar-refractivity contribution < 1.29 is 19.5 Å². The van der Waals surface area contributed by atoms with Crippen LogP contribution in [0.3, 0.4) is 0 Å². The van der Waals surface area contributed by atoms with Crippen LogP contribution in [0.15, 0.2) is 72.8 Å². The van der Waals surface area contributed by atoms with E-state index in [1.54, 1.807) is 43.3 Å². The van der Waals surface area contributed by atoms with E-state index in [0.717, 1.165) is 40.5 Å². The first-order chi connectivity index (χ1) is 23.4. The average Bonchev–Trinajstić information content (AvgIpc) is 3.08. The molecule has 256 valence electrons. The lowest BCUT2D eigenvalue weighted by Crippen LogP contribution is -2.40. The van der Waals surface area contributed by atoms with Crippen molar-refractivity contribution in [2.45, 2.75) is 64.6 Å². The van der Waals surface area contributed by atoms with Crippen molar-refractivity contribution in [2.75, 3.05) is 13.1 Å². The number of hydrogen-bond donors (Lipinski definition) is 1. The Hall–Kier alpha value is -3.39. The molecule has 49 heavy (non-hydrogen) atoms. The molecule has 4 aromatic rings. The van der Waals surface area contributed by atoms with Crippen molar-refractivity contribution in [3.8, 4) is 0 Å². The van der Waals surface area contributed by atoms with Gasteiger partial charge in [0.2, 0.25) is 11.8 Å². The Labute approximate surface area is 307 Å². The molecule has 0 saturated heterocycles. The number of aliphatic hydroxyl groups excluding tert-OH is 1. The van der Waals surface area contributed by atoms with Gasteiger partial charge in [-0.15, -0.1) is 0 Å². The number of carbonyl (C=O) groups excluding carboxylic acids is 3. The Morgan fingerprint density at radius 1 is 0.714 bits per heavy atom. The number of benzene rings is 4. The number of aldehydes is 1. The van der Waals surface area contributed by atoms with Crippen molar-refractivity contribution in [3.63, 3.8) is 0 Å². The number of aliphatic hydroxyl groups is 1. The highest BCUT2D eigenvalue weighted by atomic mass is 35.5. The molecule has 0 saturated carbocycles. The predicted octanol–water partition coefficient (Wildman–Crippen LogP) is 9.23. The molecule has 6 rings (SSSR count). The molecule has 0 aromatic heterocycles. The van der Waals surface area contributed by atoms with Gasteiger partial charge in [0.1, 0.15) is 6.29 Å². The molecule has 0 aliphatic carbocycles. The molecule has 2 amide bonds. The summed E-state index contributed by atoms with van der Waals surface area (Å²) in [5, 5.41) is 12.0. The highest BCUT2D eigenvalue weighted by Crippen LogP contribution is 2.36. The number of hydrogen-bond acceptors (Lipinski definition) is 4. The summed E-state index contributed by atoms with van der Waals surface area (Å²) >= 11 is 24.8. The van der Waals surface area contributed by atoms with Gasteiger partial charge in [-0.2, -0.15) is 0 Å². The van der Waals surface area contributed by atoms with Gasteiger partial charge in [0.05, 0.1) is 31.0 Å². The Balaban J connectivity index is 0.000000191. The van der Waals surface area contributed by atoms with Crippen molar-refractivity contribution in [1.29, 1.82) is 0 Å². The van der Waals surface area contributed by atoms with E-state index in [0.29, 0.717) is 56.3 Å². The van der Waals surface area contributed by atoms with Crippen LogP contribution in [0.5, 0.6) is 0 Å². The van der Waals surface area contributed by atoms with E-state index in [1.165, 1.54) is 0 Å². The zero-order valence-electron chi connectivity index (χ0n) is 27.6. The normalized spacial score (nSPS) is 17.3. The van der Waals surface area contributed by atoms with Crippen LogP contribution < -0.4 is 0 Å². The van der Waals surface area contributed by atoms with Gasteiger partial charge in [0.15, 0.2) is 0 Å². The molecule has 10 heteroatoms. The fourth-order valence-corrected chi connectivity index (χ4v) is 7.95. The summed E-state index contributed by atoms with van der Waals surface area (Å²) in [7, 11) is 0. The van der Waals surface area contributed by atoms with Gasteiger partial charge in [0.25, 0.3) is 0 Å². The number of fused-ring (bicyclic) bond motifs is 2. The zero-order chi connectivity index (χ0) is 35.4. The minimum Gasteiger partial charge on any atom is -0.389 e. The van der Waals surface area contributed by atoms with Crippen LogP contribution in [-0.2, 0) is 35.3 Å². The van der Waals surface area contributed by atoms with E-state index in [4.69, 9.17) is 46.4 Å². The van der Waals surface area contributed by atoms with E-state index in [2.05, 4.69) is 0 Å². The maximum Gasteiger partial charge on any atom is 0.227 e. The van der Waals surface area contributed by atoms with Gasteiger partial charge >= 0.3 is 0 Å². The van der Waals surface area contributed by atoms with Gasteiger partial charge in [-0.3, -0.25) is 14.4 Å². The molecule has 6 nitrogen and oxygen atoms in total. The molecule has 2 aliphatic heterocycles.